The van der Waals surface area contributed by atoms with E-state index in [1.165, 1.54) is 16.7 Å². The molecule has 1 aromatic rings. The monoisotopic (exact) mass is 375 g/mol. The van der Waals surface area contributed by atoms with Crippen LogP contribution in [0.5, 0.6) is 0 Å². The Morgan fingerprint density at radius 3 is 2.62 bits per heavy atom. The number of nitrogens with one attached hydrogen (secondary N) is 2. The number of benzene rings is 1. The maximum absolute atomic E-state index is 11.8. The molecule has 8 nitrogen and oxygen atoms in total. The number of carboxylic acid groups (broad SMARTS) is 1. The van der Waals surface area contributed by atoms with Crippen molar-refractivity contribution in [1.82, 2.24) is 15.5 Å². The second-order valence-electron chi connectivity index (χ2n) is 5.80. The Labute approximate surface area is 153 Å². The number of amides is 4. The van der Waals surface area contributed by atoms with Crippen molar-refractivity contribution in [2.75, 3.05) is 6.54 Å². The standard InChI is InChI=1S/C17H17N3O5S/c21-12-9-13-20(12)14(16(23)24)11(26-13)7-4-8-18-17(25)19-15(22)10-5-2-1-3-6-10/h1-3,5-6,13H,4,7-9H2,(H,23,24)(H2,18,19,22,25)/t13-/m1/s1. The van der Waals surface area contributed by atoms with E-state index in [2.05, 4.69) is 10.6 Å². The molecule has 2 heterocycles. The molecule has 3 N–H and O–H groups in total. The summed E-state index contributed by atoms with van der Waals surface area (Å²) in [5, 5.41) is 14.0. The summed E-state index contributed by atoms with van der Waals surface area (Å²) in [5.41, 5.74) is 0.440. The maximum Gasteiger partial charge on any atom is 0.353 e. The molecule has 0 aromatic heterocycles. The molecule has 0 bridgehead atoms. The van der Waals surface area contributed by atoms with Crippen LogP contribution >= 0.6 is 11.8 Å². The fourth-order valence-electron chi connectivity index (χ4n) is 2.76. The number of fused-ring (bicyclic) bond motifs is 1. The van der Waals surface area contributed by atoms with E-state index >= 15 is 0 Å². The van der Waals surface area contributed by atoms with Crippen LogP contribution in [0.4, 0.5) is 4.79 Å². The first-order valence-electron chi connectivity index (χ1n) is 8.06. The molecule has 1 atom stereocenters. The number of carboxylic acids is 1. The Kier molecular flexibility index (Phi) is 5.27. The fourth-order valence-corrected chi connectivity index (χ4v) is 4.21. The first kappa shape index (κ1) is 18.0. The van der Waals surface area contributed by atoms with E-state index in [0.717, 1.165) is 0 Å². The fraction of sp³-hybridized carbons (Fsp3) is 0.294. The van der Waals surface area contributed by atoms with Crippen molar-refractivity contribution in [3.63, 3.8) is 0 Å². The molecule has 0 aliphatic carbocycles. The summed E-state index contributed by atoms with van der Waals surface area (Å²) in [6, 6.07) is 7.77. The van der Waals surface area contributed by atoms with Crippen molar-refractivity contribution in [3.05, 3.63) is 46.5 Å². The van der Waals surface area contributed by atoms with Gasteiger partial charge in [-0.25, -0.2) is 9.59 Å². The van der Waals surface area contributed by atoms with Gasteiger partial charge in [-0.1, -0.05) is 18.2 Å². The number of rotatable bonds is 6. The third kappa shape index (κ3) is 3.72. The molecule has 1 saturated heterocycles. The van der Waals surface area contributed by atoms with E-state index < -0.39 is 17.9 Å². The lowest BCUT2D eigenvalue weighted by molar-refractivity contribution is -0.145. The molecule has 0 radical (unpaired) electrons. The number of β-lactam (4-membered cyclic amide) rings is 1. The van der Waals surface area contributed by atoms with Crippen molar-refractivity contribution in [2.45, 2.75) is 24.6 Å². The van der Waals surface area contributed by atoms with Gasteiger partial charge in [0.2, 0.25) is 5.91 Å². The van der Waals surface area contributed by atoms with Gasteiger partial charge in [0.1, 0.15) is 5.70 Å². The van der Waals surface area contributed by atoms with E-state index in [9.17, 15) is 24.3 Å². The van der Waals surface area contributed by atoms with Gasteiger partial charge >= 0.3 is 12.0 Å². The van der Waals surface area contributed by atoms with Gasteiger partial charge in [0.25, 0.3) is 5.91 Å². The predicted octanol–water partition coefficient (Wildman–Crippen LogP) is 1.51. The molecular weight excluding hydrogens is 358 g/mol. The number of nitrogens with zero attached hydrogens (tertiary/aromatic N) is 1. The topological polar surface area (TPSA) is 116 Å². The summed E-state index contributed by atoms with van der Waals surface area (Å²) < 4.78 is 0. The number of hydrogen-bond acceptors (Lipinski definition) is 5. The molecule has 2 aliphatic heterocycles. The number of urea groups is 1. The average molecular weight is 375 g/mol. The van der Waals surface area contributed by atoms with Crippen LogP contribution in [-0.2, 0) is 9.59 Å². The quantitative estimate of drug-likeness (QED) is 0.513. The zero-order valence-electron chi connectivity index (χ0n) is 13.7. The third-order valence-corrected chi connectivity index (χ3v) is 5.35. The minimum atomic E-state index is -1.11. The van der Waals surface area contributed by atoms with Crippen LogP contribution in [0.25, 0.3) is 0 Å². The molecule has 2 aliphatic rings. The van der Waals surface area contributed by atoms with E-state index in [1.807, 2.05) is 0 Å². The zero-order valence-corrected chi connectivity index (χ0v) is 14.5. The third-order valence-electron chi connectivity index (χ3n) is 4.02. The highest BCUT2D eigenvalue weighted by Crippen LogP contribution is 2.47. The maximum atomic E-state index is 11.8. The molecule has 9 heteroatoms. The summed E-state index contributed by atoms with van der Waals surface area (Å²) in [5.74, 6) is -1.78. The molecule has 4 amide bonds. The van der Waals surface area contributed by atoms with E-state index in [1.54, 1.807) is 30.3 Å². The highest BCUT2D eigenvalue weighted by atomic mass is 32.2. The number of allylic oxidation sites excluding steroid dienone is 1. The van der Waals surface area contributed by atoms with Crippen molar-refractivity contribution >= 4 is 35.6 Å². The number of carbonyl (C=O) groups is 4. The highest BCUT2D eigenvalue weighted by Gasteiger charge is 2.47. The Hall–Kier alpha value is -2.81. The van der Waals surface area contributed by atoms with Crippen molar-refractivity contribution in [2.24, 2.45) is 0 Å². The van der Waals surface area contributed by atoms with Gasteiger partial charge in [-0.15, -0.1) is 11.8 Å². The van der Waals surface area contributed by atoms with Crippen molar-refractivity contribution in [1.29, 1.82) is 0 Å². The second kappa shape index (κ2) is 7.61. The zero-order chi connectivity index (χ0) is 18.7. The van der Waals surface area contributed by atoms with Crippen LogP contribution in [0.15, 0.2) is 40.9 Å². The van der Waals surface area contributed by atoms with Crippen molar-refractivity contribution in [3.8, 4) is 0 Å². The minimum Gasteiger partial charge on any atom is -0.477 e. The number of imide groups is 1. The summed E-state index contributed by atoms with van der Waals surface area (Å²) in [6.07, 6.45) is 1.30. The lowest BCUT2D eigenvalue weighted by Crippen LogP contribution is -2.48. The van der Waals surface area contributed by atoms with E-state index in [4.69, 9.17) is 0 Å². The summed E-state index contributed by atoms with van der Waals surface area (Å²) >= 11 is 1.39. The van der Waals surface area contributed by atoms with Gasteiger partial charge in [0.05, 0.1) is 11.8 Å². The minimum absolute atomic E-state index is 0.0555. The van der Waals surface area contributed by atoms with Crippen LogP contribution in [-0.4, -0.2) is 45.7 Å². The van der Waals surface area contributed by atoms with Gasteiger partial charge < -0.3 is 10.4 Å². The summed E-state index contributed by atoms with van der Waals surface area (Å²) in [4.78, 5) is 48.4. The van der Waals surface area contributed by atoms with E-state index in [0.29, 0.717) is 29.7 Å². The smallest absolute Gasteiger partial charge is 0.353 e. The Bertz CT molecular complexity index is 793. The molecule has 0 unspecified atom stereocenters. The van der Waals surface area contributed by atoms with Crippen LogP contribution in [0, 0.1) is 0 Å². The Morgan fingerprint density at radius 2 is 1.96 bits per heavy atom. The van der Waals surface area contributed by atoms with Crippen LogP contribution in [0.2, 0.25) is 0 Å². The molecule has 0 spiro atoms. The molecule has 26 heavy (non-hydrogen) atoms. The predicted molar refractivity (Wildman–Crippen MR) is 94.0 cm³/mol. The van der Waals surface area contributed by atoms with Gasteiger partial charge in [-0.05, 0) is 25.0 Å². The molecule has 136 valence electrons. The average Bonchev–Trinajstić information content (AvgIpc) is 2.92. The Morgan fingerprint density at radius 1 is 1.23 bits per heavy atom. The van der Waals surface area contributed by atoms with Gasteiger partial charge in [-0.2, -0.15) is 0 Å². The lowest BCUT2D eigenvalue weighted by atomic mass is 10.1. The van der Waals surface area contributed by atoms with Gasteiger partial charge in [0.15, 0.2) is 0 Å². The largest absolute Gasteiger partial charge is 0.477 e. The first-order chi connectivity index (χ1) is 12.5. The van der Waals surface area contributed by atoms with E-state index in [-0.39, 0.29) is 23.5 Å². The molecule has 0 saturated carbocycles. The number of aliphatic carboxylic acids is 1. The SMILES string of the molecule is O=C(NCCCC1=C(C(=O)O)N2C(=O)C[C@H]2S1)NC(=O)c1ccccc1. The molecule has 3 rings (SSSR count). The van der Waals surface area contributed by atoms with Crippen LogP contribution < -0.4 is 10.6 Å². The van der Waals surface area contributed by atoms with Crippen molar-refractivity contribution < 1.29 is 24.3 Å². The summed E-state index contributed by atoms with van der Waals surface area (Å²) in [6.45, 7) is 0.281. The first-order valence-corrected chi connectivity index (χ1v) is 8.94. The highest BCUT2D eigenvalue weighted by molar-refractivity contribution is 8.04. The number of carbonyl (C=O) groups excluding carboxylic acids is 3. The molecular formula is C17H17N3O5S. The molecule has 1 aromatic carbocycles. The summed E-state index contributed by atoms with van der Waals surface area (Å²) in [7, 11) is 0. The molecule has 1 fully saturated rings. The lowest BCUT2D eigenvalue weighted by Gasteiger charge is -2.33. The number of thioether (sulfide) groups is 1. The number of hydrogen-bond donors (Lipinski definition) is 3. The normalized spacial score (nSPS) is 18.2. The van der Waals surface area contributed by atoms with Crippen LogP contribution in [0.1, 0.15) is 29.6 Å². The van der Waals surface area contributed by atoms with Gasteiger partial charge in [0, 0.05) is 17.0 Å². The Balaban J connectivity index is 1.44. The second-order valence-corrected chi connectivity index (χ2v) is 7.07. The van der Waals surface area contributed by atoms with Crippen LogP contribution in [0.3, 0.4) is 0 Å². The van der Waals surface area contributed by atoms with Gasteiger partial charge in [-0.3, -0.25) is 19.8 Å².